The lowest BCUT2D eigenvalue weighted by atomic mass is 10.1. The summed E-state index contributed by atoms with van der Waals surface area (Å²) in [4.78, 5) is 24.6. The Kier molecular flexibility index (Phi) is 6.77. The standard InChI is InChI=1S/C23H32N2O4/c1-16-18(20(26)28-22(2,3)4)15-19(17-11-9-8-10-12-17)25(16)14-13-24-21(27)29-23(5,6)7/h8-12,15H,13-14H2,1-7H3,(H,24,27). The van der Waals surface area contributed by atoms with Crippen LogP contribution in [-0.4, -0.2) is 34.4 Å². The lowest BCUT2D eigenvalue weighted by Gasteiger charge is -2.20. The van der Waals surface area contributed by atoms with E-state index in [9.17, 15) is 9.59 Å². The number of aromatic nitrogens is 1. The van der Waals surface area contributed by atoms with E-state index < -0.39 is 17.3 Å². The Morgan fingerprint density at radius 1 is 0.966 bits per heavy atom. The number of amides is 1. The lowest BCUT2D eigenvalue weighted by Crippen LogP contribution is -2.34. The minimum Gasteiger partial charge on any atom is -0.456 e. The number of carbonyl (C=O) groups is 2. The second-order valence-electron chi connectivity index (χ2n) is 8.98. The molecule has 0 saturated heterocycles. The summed E-state index contributed by atoms with van der Waals surface area (Å²) >= 11 is 0. The quantitative estimate of drug-likeness (QED) is 0.722. The van der Waals surface area contributed by atoms with Crippen LogP contribution in [0.5, 0.6) is 0 Å². The Morgan fingerprint density at radius 2 is 1.55 bits per heavy atom. The highest BCUT2D eigenvalue weighted by Gasteiger charge is 2.24. The molecule has 0 bridgehead atoms. The first-order valence-corrected chi connectivity index (χ1v) is 9.83. The Bertz CT molecular complexity index is 855. The number of nitrogens with zero attached hydrogens (tertiary/aromatic N) is 1. The zero-order valence-corrected chi connectivity index (χ0v) is 18.5. The fourth-order valence-corrected chi connectivity index (χ4v) is 2.91. The molecule has 1 amide bonds. The molecule has 6 heteroatoms. The van der Waals surface area contributed by atoms with Crippen LogP contribution in [0.15, 0.2) is 36.4 Å². The number of alkyl carbamates (subject to hydrolysis) is 1. The highest BCUT2D eigenvalue weighted by Crippen LogP contribution is 2.27. The number of hydrogen-bond acceptors (Lipinski definition) is 4. The second kappa shape index (κ2) is 8.72. The summed E-state index contributed by atoms with van der Waals surface area (Å²) < 4.78 is 12.9. The Balaban J connectivity index is 2.27. The molecule has 0 atom stereocenters. The monoisotopic (exact) mass is 400 g/mol. The van der Waals surface area contributed by atoms with E-state index in [1.54, 1.807) is 0 Å². The van der Waals surface area contributed by atoms with Crippen LogP contribution < -0.4 is 5.32 Å². The Labute approximate surface area is 173 Å². The van der Waals surface area contributed by atoms with Crippen LogP contribution in [0.4, 0.5) is 4.79 Å². The first-order valence-electron chi connectivity index (χ1n) is 9.83. The van der Waals surface area contributed by atoms with Gasteiger partial charge in [0.25, 0.3) is 0 Å². The minimum atomic E-state index is -0.573. The van der Waals surface area contributed by atoms with Crippen LogP contribution in [0.2, 0.25) is 0 Å². The van der Waals surface area contributed by atoms with Crippen LogP contribution in [0.25, 0.3) is 11.3 Å². The molecule has 1 aromatic heterocycles. The van der Waals surface area contributed by atoms with Gasteiger partial charge in [-0.25, -0.2) is 9.59 Å². The summed E-state index contributed by atoms with van der Waals surface area (Å²) in [5.41, 5.74) is 2.08. The van der Waals surface area contributed by atoms with Gasteiger partial charge in [-0.15, -0.1) is 0 Å². The van der Waals surface area contributed by atoms with E-state index in [4.69, 9.17) is 9.47 Å². The normalized spacial score (nSPS) is 11.8. The van der Waals surface area contributed by atoms with Crippen molar-refractivity contribution in [2.75, 3.05) is 6.54 Å². The summed E-state index contributed by atoms with van der Waals surface area (Å²) in [5, 5.41) is 2.77. The van der Waals surface area contributed by atoms with Gasteiger partial charge in [0.1, 0.15) is 11.2 Å². The van der Waals surface area contributed by atoms with Gasteiger partial charge < -0.3 is 19.4 Å². The SMILES string of the molecule is Cc1c(C(=O)OC(C)(C)C)cc(-c2ccccc2)n1CCNC(=O)OC(C)(C)C. The molecule has 1 heterocycles. The molecular formula is C23H32N2O4. The van der Waals surface area contributed by atoms with Gasteiger partial charge in [0.15, 0.2) is 0 Å². The van der Waals surface area contributed by atoms with Gasteiger partial charge in [-0.1, -0.05) is 30.3 Å². The molecule has 0 aliphatic heterocycles. The second-order valence-corrected chi connectivity index (χ2v) is 8.98. The van der Waals surface area contributed by atoms with Crippen molar-refractivity contribution in [1.29, 1.82) is 0 Å². The smallest absolute Gasteiger partial charge is 0.407 e. The summed E-state index contributed by atoms with van der Waals surface area (Å²) in [5.74, 6) is -0.356. The molecule has 0 aliphatic rings. The molecule has 0 fully saturated rings. The Hall–Kier alpha value is -2.76. The fraction of sp³-hybridized carbons (Fsp3) is 0.478. The van der Waals surface area contributed by atoms with Crippen molar-refractivity contribution in [3.05, 3.63) is 47.7 Å². The zero-order chi connectivity index (χ0) is 21.8. The number of ether oxygens (including phenoxy) is 2. The van der Waals surface area contributed by atoms with E-state index in [1.165, 1.54) is 0 Å². The molecule has 0 saturated carbocycles. The van der Waals surface area contributed by atoms with Gasteiger partial charge >= 0.3 is 12.1 Å². The minimum absolute atomic E-state index is 0.356. The molecule has 0 spiro atoms. The lowest BCUT2D eigenvalue weighted by molar-refractivity contribution is 0.00682. The summed E-state index contributed by atoms with van der Waals surface area (Å²) in [6, 6.07) is 11.7. The van der Waals surface area contributed by atoms with Crippen molar-refractivity contribution in [3.63, 3.8) is 0 Å². The van der Waals surface area contributed by atoms with Crippen LogP contribution in [0.1, 0.15) is 57.6 Å². The maximum absolute atomic E-state index is 12.7. The van der Waals surface area contributed by atoms with Crippen LogP contribution in [0.3, 0.4) is 0 Å². The largest absolute Gasteiger partial charge is 0.456 e. The van der Waals surface area contributed by atoms with Gasteiger partial charge in [0, 0.05) is 24.5 Å². The van der Waals surface area contributed by atoms with Crippen molar-refractivity contribution in [2.24, 2.45) is 0 Å². The van der Waals surface area contributed by atoms with Gasteiger partial charge in [0.2, 0.25) is 0 Å². The third kappa shape index (κ3) is 6.66. The molecule has 1 N–H and O–H groups in total. The van der Waals surface area contributed by atoms with Crippen LogP contribution in [0, 0.1) is 6.92 Å². The van der Waals surface area contributed by atoms with Crippen molar-refractivity contribution in [3.8, 4) is 11.3 Å². The van der Waals surface area contributed by atoms with Crippen molar-refractivity contribution < 1.29 is 19.1 Å². The predicted molar refractivity (Wildman–Crippen MR) is 114 cm³/mol. The highest BCUT2D eigenvalue weighted by atomic mass is 16.6. The average Bonchev–Trinajstić information content (AvgIpc) is 2.90. The maximum atomic E-state index is 12.7. The molecular weight excluding hydrogens is 368 g/mol. The topological polar surface area (TPSA) is 69.6 Å². The molecule has 158 valence electrons. The maximum Gasteiger partial charge on any atom is 0.407 e. The predicted octanol–water partition coefficient (Wildman–Crippen LogP) is 4.94. The van der Waals surface area contributed by atoms with Gasteiger partial charge in [0.05, 0.1) is 5.56 Å². The highest BCUT2D eigenvalue weighted by molar-refractivity contribution is 5.93. The average molecular weight is 401 g/mol. The van der Waals surface area contributed by atoms with E-state index in [0.29, 0.717) is 18.7 Å². The van der Waals surface area contributed by atoms with Gasteiger partial charge in [-0.2, -0.15) is 0 Å². The molecule has 1 aromatic carbocycles. The van der Waals surface area contributed by atoms with E-state index in [1.807, 2.05) is 89.4 Å². The number of nitrogens with one attached hydrogen (secondary N) is 1. The third-order valence-corrected chi connectivity index (χ3v) is 4.06. The molecule has 0 unspecified atom stereocenters. The molecule has 29 heavy (non-hydrogen) atoms. The van der Waals surface area contributed by atoms with Gasteiger partial charge in [-0.05, 0) is 60.1 Å². The number of esters is 1. The van der Waals surface area contributed by atoms with E-state index in [2.05, 4.69) is 5.32 Å². The van der Waals surface area contributed by atoms with E-state index in [-0.39, 0.29) is 5.97 Å². The van der Waals surface area contributed by atoms with Crippen LogP contribution >= 0.6 is 0 Å². The van der Waals surface area contributed by atoms with Gasteiger partial charge in [-0.3, -0.25) is 0 Å². The molecule has 6 nitrogen and oxygen atoms in total. The van der Waals surface area contributed by atoms with Crippen molar-refractivity contribution in [1.82, 2.24) is 9.88 Å². The first-order chi connectivity index (χ1) is 13.4. The number of rotatable bonds is 5. The zero-order valence-electron chi connectivity index (χ0n) is 18.5. The summed E-state index contributed by atoms with van der Waals surface area (Å²) in [7, 11) is 0. The van der Waals surface area contributed by atoms with Crippen molar-refractivity contribution >= 4 is 12.1 Å². The molecule has 2 aromatic rings. The molecule has 0 radical (unpaired) electrons. The number of carbonyl (C=O) groups excluding carboxylic acids is 2. The number of hydrogen-bond donors (Lipinski definition) is 1. The summed E-state index contributed by atoms with van der Waals surface area (Å²) in [6.07, 6.45) is -0.462. The first kappa shape index (κ1) is 22.5. The van der Waals surface area contributed by atoms with Crippen molar-refractivity contribution in [2.45, 2.75) is 66.2 Å². The number of benzene rings is 1. The summed E-state index contributed by atoms with van der Waals surface area (Å²) in [6.45, 7) is 13.8. The van der Waals surface area contributed by atoms with E-state index >= 15 is 0 Å². The van der Waals surface area contributed by atoms with Crippen LogP contribution in [-0.2, 0) is 16.0 Å². The van der Waals surface area contributed by atoms with E-state index in [0.717, 1.165) is 17.0 Å². The third-order valence-electron chi connectivity index (χ3n) is 4.06. The fourth-order valence-electron chi connectivity index (χ4n) is 2.91. The molecule has 0 aliphatic carbocycles. The molecule has 2 rings (SSSR count). The Morgan fingerprint density at radius 3 is 2.10 bits per heavy atom.